The van der Waals surface area contributed by atoms with Gasteiger partial charge in [-0.3, -0.25) is 25.0 Å². The fourth-order valence-corrected chi connectivity index (χ4v) is 8.87. The number of hydrogen-bond donors (Lipinski definition) is 4. The topological polar surface area (TPSA) is 207 Å². The van der Waals surface area contributed by atoms with E-state index in [1.54, 1.807) is 18.2 Å². The van der Waals surface area contributed by atoms with Crippen molar-refractivity contribution in [2.24, 2.45) is 0 Å². The average Bonchev–Trinajstić information content (AvgIpc) is 4.30. The summed E-state index contributed by atoms with van der Waals surface area (Å²) in [5.74, 6) is 1.60. The van der Waals surface area contributed by atoms with Gasteiger partial charge in [-0.05, 0) is 76.9 Å². The molecule has 73 heavy (non-hydrogen) atoms. The molecular formula is C51H45Cl2F3N4O13. The quantitative estimate of drug-likeness (QED) is 0.0723. The van der Waals surface area contributed by atoms with E-state index in [4.69, 9.17) is 37.9 Å². The van der Waals surface area contributed by atoms with Crippen LogP contribution < -0.4 is 39.1 Å². The van der Waals surface area contributed by atoms with Crippen molar-refractivity contribution < 1.29 is 75.0 Å². The van der Waals surface area contributed by atoms with Gasteiger partial charge in [0.05, 0.1) is 33.4 Å². The van der Waals surface area contributed by atoms with Gasteiger partial charge in [-0.1, -0.05) is 48.5 Å². The van der Waals surface area contributed by atoms with E-state index in [2.05, 4.69) is 71.3 Å². The number of esters is 3. The summed E-state index contributed by atoms with van der Waals surface area (Å²) in [5.41, 5.74) is 9.21. The second kappa shape index (κ2) is 22.8. The van der Waals surface area contributed by atoms with Crippen LogP contribution in [-0.4, -0.2) is 94.1 Å². The van der Waals surface area contributed by atoms with Crippen molar-refractivity contribution in [3.05, 3.63) is 142 Å². The lowest BCUT2D eigenvalue weighted by Crippen LogP contribution is -2.45. The number of methoxy groups -OCH3 is 3. The Balaban J connectivity index is 0.000000142. The van der Waals surface area contributed by atoms with Crippen molar-refractivity contribution in [3.8, 4) is 34.5 Å². The molecule has 0 spiro atoms. The number of H-pyrrole nitrogens is 2. The van der Waals surface area contributed by atoms with E-state index >= 15 is 0 Å². The Kier molecular flexibility index (Phi) is 16.2. The first kappa shape index (κ1) is 51.7. The van der Waals surface area contributed by atoms with Crippen molar-refractivity contribution in [3.63, 3.8) is 0 Å². The Hall–Kier alpha value is -7.65. The van der Waals surface area contributed by atoms with Crippen LogP contribution in [0.2, 0.25) is 0 Å². The lowest BCUT2D eigenvalue weighted by molar-refractivity contribution is -0.196. The summed E-state index contributed by atoms with van der Waals surface area (Å²) in [7, 11) is 11.7. The number of carbonyl (C=O) groups is 4. The molecule has 0 aliphatic carbocycles. The van der Waals surface area contributed by atoms with E-state index in [1.165, 1.54) is 14.2 Å². The second-order valence-corrected chi connectivity index (χ2v) is 16.3. The number of benzene rings is 5. The lowest BCUT2D eigenvalue weighted by Gasteiger charge is -2.30. The molecule has 382 valence electrons. The van der Waals surface area contributed by atoms with Gasteiger partial charge in [0, 0.05) is 73.3 Å². The van der Waals surface area contributed by atoms with Crippen LogP contribution in [0.1, 0.15) is 56.1 Å². The number of rotatable bonds is 5. The van der Waals surface area contributed by atoms with Crippen LogP contribution in [0.3, 0.4) is 0 Å². The molecule has 0 amide bonds. The summed E-state index contributed by atoms with van der Waals surface area (Å²) >= 11 is 0. The van der Waals surface area contributed by atoms with Gasteiger partial charge in [0.15, 0.2) is 34.5 Å². The number of carbonyl (C=O) groups excluding carboxylic acids is 4. The molecule has 17 nitrogen and oxygen atoms in total. The Morgan fingerprint density at radius 3 is 1.34 bits per heavy atom. The maximum atomic E-state index is 12.3. The van der Waals surface area contributed by atoms with E-state index in [0.29, 0.717) is 37.0 Å². The van der Waals surface area contributed by atoms with Gasteiger partial charge < -0.3 is 52.6 Å². The van der Waals surface area contributed by atoms with E-state index in [-0.39, 0.29) is 44.4 Å². The zero-order chi connectivity index (χ0) is 51.8. The number of halogens is 5. The van der Waals surface area contributed by atoms with Crippen molar-refractivity contribution in [2.45, 2.75) is 43.2 Å². The van der Waals surface area contributed by atoms with Gasteiger partial charge in [-0.15, -0.1) is 0 Å². The van der Waals surface area contributed by atoms with Crippen molar-refractivity contribution in [1.82, 2.24) is 20.6 Å². The standard InChI is InChI=1S/2C20H18N2O4.C8H6O3.C3H3F3O2.Cl2/c2*1-24-20(23)15-9-13-12-4-2-3-5-14(12)21-19(13)18(22-15)11-6-7-16-17(8-11)26-10-25-16;9-4-6-1-2-7-8(3-6)11-5-10-7;1-8-2(7)3(4,5)6;1-2/h2*2-8,15,18,21-22H,9-10H2,1H3;1-4H,5H2;1H3;/t15-,18+;15-,18-;;;/m00.../s1. The minimum Gasteiger partial charge on any atom is -0.468 e. The number of ether oxygens (including phenoxy) is 9. The van der Waals surface area contributed by atoms with Crippen LogP contribution in [-0.2, 0) is 41.4 Å². The largest absolute Gasteiger partial charge is 0.490 e. The molecule has 0 bridgehead atoms. The minimum atomic E-state index is -4.85. The molecule has 7 aromatic rings. The molecule has 0 unspecified atom stereocenters. The second-order valence-electron chi connectivity index (χ2n) is 16.3. The zero-order valence-electron chi connectivity index (χ0n) is 38.9. The number of fused-ring (bicyclic) bond motifs is 9. The number of alkyl halides is 3. The Morgan fingerprint density at radius 1 is 0.562 bits per heavy atom. The van der Waals surface area contributed by atoms with E-state index in [1.807, 2.05) is 60.7 Å². The van der Waals surface area contributed by atoms with Crippen molar-refractivity contribution in [2.75, 3.05) is 41.7 Å². The fourth-order valence-electron chi connectivity index (χ4n) is 8.87. The summed E-state index contributed by atoms with van der Waals surface area (Å²) in [5, 5.41) is 9.14. The zero-order valence-corrected chi connectivity index (χ0v) is 40.4. The van der Waals surface area contributed by atoms with Gasteiger partial charge in [0.1, 0.15) is 18.4 Å². The van der Waals surface area contributed by atoms with Gasteiger partial charge in [0.2, 0.25) is 20.4 Å². The number of hydrogen-bond acceptors (Lipinski definition) is 15. The molecular weight excluding hydrogens is 1000 g/mol. The van der Waals surface area contributed by atoms with Crippen molar-refractivity contribution in [1.29, 1.82) is 0 Å². The van der Waals surface area contributed by atoms with Crippen LogP contribution in [0.4, 0.5) is 13.2 Å². The minimum absolute atomic E-state index is 0.162. The number of aromatic nitrogens is 2. The van der Waals surface area contributed by atoms with Crippen LogP contribution in [0.5, 0.6) is 34.5 Å². The predicted molar refractivity (Wildman–Crippen MR) is 258 cm³/mol. The molecule has 4 N–H and O–H groups in total. The van der Waals surface area contributed by atoms with Gasteiger partial charge in [0.25, 0.3) is 0 Å². The third-order valence-corrected chi connectivity index (χ3v) is 12.2. The maximum absolute atomic E-state index is 12.3. The third kappa shape index (κ3) is 11.2. The first-order valence-corrected chi connectivity index (χ1v) is 23.3. The highest BCUT2D eigenvalue weighted by molar-refractivity contribution is 6.85. The molecule has 4 atom stereocenters. The molecule has 2 aromatic heterocycles. The highest BCUT2D eigenvalue weighted by atomic mass is 36.5. The molecule has 5 aliphatic heterocycles. The summed E-state index contributed by atoms with van der Waals surface area (Å²) in [6.45, 7) is 0.719. The molecule has 0 saturated carbocycles. The van der Waals surface area contributed by atoms with Crippen LogP contribution in [0, 0.1) is 0 Å². The number of aromatic amines is 2. The predicted octanol–water partition coefficient (Wildman–Crippen LogP) is 8.68. The van der Waals surface area contributed by atoms with Gasteiger partial charge in [-0.2, -0.15) is 13.2 Å². The normalized spacial score (nSPS) is 18.1. The summed E-state index contributed by atoms with van der Waals surface area (Å²) in [6, 6.07) is 32.0. The third-order valence-electron chi connectivity index (χ3n) is 12.2. The van der Waals surface area contributed by atoms with Crippen LogP contribution in [0.25, 0.3) is 21.8 Å². The number of para-hydroxylation sites is 2. The molecule has 5 aliphatic rings. The van der Waals surface area contributed by atoms with Gasteiger partial charge in [-0.25, -0.2) is 4.79 Å². The number of aldehydes is 1. The molecule has 5 aromatic carbocycles. The van der Waals surface area contributed by atoms with Crippen LogP contribution >= 0.6 is 21.7 Å². The first-order chi connectivity index (χ1) is 35.4. The molecule has 7 heterocycles. The molecule has 0 saturated heterocycles. The SMILES string of the molecule is COC(=O)C(F)(F)F.COC(=O)[C@@H]1Cc2c([nH]c3ccccc23)[C@@H](c2ccc3c(c2)OCO3)N1.COC(=O)[C@@H]1Cc2c([nH]c3ccccc23)[C@H](c2ccc3c(c2)OCO3)N1.ClCl.O=Cc1ccc2c(c1)OCO2. The average molecular weight is 1050 g/mol. The molecule has 12 rings (SSSR count). The van der Waals surface area contributed by atoms with Crippen LogP contribution in [0.15, 0.2) is 103 Å². The smallest absolute Gasteiger partial charge is 0.468 e. The summed E-state index contributed by atoms with van der Waals surface area (Å²) in [6.07, 6.45) is -2.89. The monoisotopic (exact) mass is 1050 g/mol. The molecule has 0 radical (unpaired) electrons. The maximum Gasteiger partial charge on any atom is 0.490 e. The highest BCUT2D eigenvalue weighted by Crippen LogP contribution is 2.42. The Morgan fingerprint density at radius 2 is 0.959 bits per heavy atom. The van der Waals surface area contributed by atoms with E-state index in [0.717, 1.165) is 84.7 Å². The van der Waals surface area contributed by atoms with Gasteiger partial charge >= 0.3 is 24.1 Å². The van der Waals surface area contributed by atoms with Crippen molar-refractivity contribution >= 4 is 67.7 Å². The van der Waals surface area contributed by atoms with E-state index in [9.17, 15) is 32.3 Å². The summed E-state index contributed by atoms with van der Waals surface area (Å²) in [4.78, 5) is 51.4. The highest BCUT2D eigenvalue weighted by Gasteiger charge is 2.40. The van der Waals surface area contributed by atoms with E-state index < -0.39 is 24.2 Å². The Bertz CT molecular complexity index is 2980. The number of nitrogens with one attached hydrogen (secondary N) is 4. The first-order valence-electron chi connectivity index (χ1n) is 22.2. The molecule has 0 fully saturated rings. The lowest BCUT2D eigenvalue weighted by atomic mass is 9.90. The molecule has 22 heteroatoms. The fraction of sp³-hybridized carbons (Fsp3) is 0.255. The summed E-state index contributed by atoms with van der Waals surface area (Å²) < 4.78 is 78.2. The Labute approximate surface area is 423 Å².